The van der Waals surface area contributed by atoms with Crippen LogP contribution in [0.1, 0.15) is 66.5 Å². The molecule has 0 aliphatic rings. The fourth-order valence-electron chi connectivity index (χ4n) is 4.66. The van der Waals surface area contributed by atoms with Crippen LogP contribution in [-0.2, 0) is 16.5 Å². The van der Waals surface area contributed by atoms with Gasteiger partial charge in [0, 0.05) is 15.8 Å². The number of nitrogens with zero attached hydrogens (tertiary/aromatic N) is 2. The van der Waals surface area contributed by atoms with Gasteiger partial charge < -0.3 is 20.6 Å². The number of aryl methyl sites for hydroxylation is 2. The minimum Gasteiger partial charge on any atom is -0.651 e. The third kappa shape index (κ3) is 9.81. The first kappa shape index (κ1) is 32.8. The normalized spacial score (nSPS) is 11.2. The van der Waals surface area contributed by atoms with Gasteiger partial charge in [0.15, 0.2) is 0 Å². The van der Waals surface area contributed by atoms with E-state index in [1.165, 1.54) is 33.1 Å². The van der Waals surface area contributed by atoms with E-state index in [4.69, 9.17) is 20.6 Å². The van der Waals surface area contributed by atoms with Gasteiger partial charge in [-0.15, -0.1) is 0 Å². The van der Waals surface area contributed by atoms with Gasteiger partial charge in [0.1, 0.15) is 0 Å². The van der Waals surface area contributed by atoms with E-state index in [-0.39, 0.29) is 16.5 Å². The zero-order valence-electron chi connectivity index (χ0n) is 22.2. The molecular formula is C26H42N2NiO3P2+2. The molecule has 0 radical (unpaired) electrons. The molecule has 0 heterocycles. The van der Waals surface area contributed by atoms with E-state index in [0.717, 1.165) is 0 Å². The van der Waals surface area contributed by atoms with Gasteiger partial charge in [-0.1, -0.05) is 35.6 Å². The Kier molecular flexibility index (Phi) is 14.5. The van der Waals surface area contributed by atoms with E-state index in [1.54, 1.807) is 0 Å². The zero-order valence-corrected chi connectivity index (χ0v) is 25.2. The molecule has 0 bridgehead atoms. The largest absolute Gasteiger partial charge is 2.00 e. The molecule has 0 N–H and O–H groups in total. The molecule has 0 fully saturated rings. The van der Waals surface area contributed by atoms with Crippen molar-refractivity contribution in [3.8, 4) is 0 Å². The summed E-state index contributed by atoms with van der Waals surface area (Å²) in [6.07, 6.45) is 0. The van der Waals surface area contributed by atoms with Crippen molar-refractivity contribution in [3.63, 3.8) is 0 Å². The summed E-state index contributed by atoms with van der Waals surface area (Å²) in [5.41, 5.74) is 7.87. The molecule has 2 aromatic rings. The quantitative estimate of drug-likeness (QED) is 0.146. The third-order valence-electron chi connectivity index (χ3n) is 5.66. The Balaban J connectivity index is 0.00000201. The van der Waals surface area contributed by atoms with Crippen LogP contribution < -0.4 is 10.6 Å². The molecule has 0 unspecified atom stereocenters. The maximum Gasteiger partial charge on any atom is 2.00 e. The van der Waals surface area contributed by atoms with Crippen molar-refractivity contribution in [1.82, 2.24) is 0 Å². The Morgan fingerprint density at radius 1 is 0.676 bits per heavy atom. The van der Waals surface area contributed by atoms with E-state index < -0.39 is 20.9 Å². The molecule has 0 aliphatic heterocycles. The van der Waals surface area contributed by atoms with E-state index in [9.17, 15) is 0 Å². The third-order valence-corrected chi connectivity index (χ3v) is 12.7. The molecule has 0 spiro atoms. The first-order valence-electron chi connectivity index (χ1n) is 11.7. The van der Waals surface area contributed by atoms with Crippen LogP contribution in [0.25, 0.3) is 5.32 Å². The molecule has 2 rings (SSSR count). The van der Waals surface area contributed by atoms with Gasteiger partial charge >= 0.3 is 16.5 Å². The minimum atomic E-state index is -1.75. The average Bonchev–Trinajstić information content (AvgIpc) is 2.64. The van der Waals surface area contributed by atoms with Crippen LogP contribution >= 0.6 is 15.8 Å². The van der Waals surface area contributed by atoms with Crippen LogP contribution in [0.2, 0.25) is 0 Å². The molecule has 0 aliphatic carbocycles. The molecular weight excluding hydrogens is 509 g/mol. The van der Waals surface area contributed by atoms with Crippen molar-refractivity contribution >= 4 is 37.8 Å². The summed E-state index contributed by atoms with van der Waals surface area (Å²) in [5.74, 6) is 0. The Hall–Kier alpha value is -1.21. The molecule has 0 amide bonds. The van der Waals surface area contributed by atoms with Crippen molar-refractivity contribution in [3.05, 3.63) is 68.2 Å². The Labute approximate surface area is 219 Å². The van der Waals surface area contributed by atoms with E-state index in [0.29, 0.717) is 22.6 Å². The average molecular weight is 551 g/mol. The van der Waals surface area contributed by atoms with Crippen LogP contribution in [0.5, 0.6) is 0 Å². The fourth-order valence-corrected chi connectivity index (χ4v) is 11.5. The molecule has 0 atom stereocenters. The van der Waals surface area contributed by atoms with Crippen molar-refractivity contribution in [2.24, 2.45) is 0 Å². The minimum absolute atomic E-state index is 0. The summed E-state index contributed by atoms with van der Waals surface area (Å²) >= 11 is 0. The van der Waals surface area contributed by atoms with Crippen molar-refractivity contribution < 1.29 is 21.6 Å². The summed E-state index contributed by atoms with van der Waals surface area (Å²) in [6.45, 7) is 23.5. The fraction of sp³-hybridized carbons (Fsp3) is 0.538. The second-order valence-corrected chi connectivity index (χ2v) is 17.4. The zero-order chi connectivity index (χ0) is 25.5. The number of hydrogen-bond acceptors (Lipinski definition) is 3. The van der Waals surface area contributed by atoms with Gasteiger partial charge in [0.05, 0.1) is 38.3 Å². The number of hydrogen-bond donors (Lipinski definition) is 0. The second-order valence-electron chi connectivity index (χ2n) is 9.91. The van der Waals surface area contributed by atoms with E-state index in [1.807, 2.05) is 0 Å². The summed E-state index contributed by atoms with van der Waals surface area (Å²) in [6, 6.07) is 13.8. The van der Waals surface area contributed by atoms with Crippen molar-refractivity contribution in [2.45, 2.75) is 91.9 Å². The molecule has 192 valence electrons. The predicted molar refractivity (Wildman–Crippen MR) is 152 cm³/mol. The van der Waals surface area contributed by atoms with Crippen LogP contribution in [0.3, 0.4) is 0 Å². The molecule has 2 aromatic carbocycles. The smallest absolute Gasteiger partial charge is 0.651 e. The summed E-state index contributed by atoms with van der Waals surface area (Å²) in [4.78, 5) is 8.25. The van der Waals surface area contributed by atoms with E-state index in [2.05, 4.69) is 106 Å². The van der Waals surface area contributed by atoms with Gasteiger partial charge in [-0.2, -0.15) is 0 Å². The van der Waals surface area contributed by atoms with Gasteiger partial charge in [0.2, 0.25) is 0 Å². The van der Waals surface area contributed by atoms with Gasteiger partial charge in [-0.05, 0) is 92.5 Å². The van der Waals surface area contributed by atoms with Crippen LogP contribution in [0.4, 0.5) is 11.4 Å². The van der Waals surface area contributed by atoms with Gasteiger partial charge in [-0.3, -0.25) is 0 Å². The molecule has 0 saturated carbocycles. The second kappa shape index (κ2) is 15.0. The molecule has 5 nitrogen and oxygen atoms in total. The van der Waals surface area contributed by atoms with Crippen molar-refractivity contribution in [2.75, 3.05) is 0 Å². The van der Waals surface area contributed by atoms with E-state index >= 15 is 0 Å². The summed E-state index contributed by atoms with van der Waals surface area (Å²) < 4.78 is 0. The Morgan fingerprint density at radius 3 is 1.18 bits per heavy atom. The topological polar surface area (TPSA) is 80.3 Å². The Morgan fingerprint density at radius 2 is 0.941 bits per heavy atom. The van der Waals surface area contributed by atoms with Crippen LogP contribution in [0.15, 0.2) is 36.4 Å². The van der Waals surface area contributed by atoms with Crippen LogP contribution in [0, 0.1) is 29.2 Å². The monoisotopic (exact) mass is 550 g/mol. The first-order valence-corrected chi connectivity index (χ1v) is 15.1. The van der Waals surface area contributed by atoms with Gasteiger partial charge in [0.25, 0.3) is 0 Å². The summed E-state index contributed by atoms with van der Waals surface area (Å²) in [5, 5.41) is 23.1. The first-order chi connectivity index (χ1) is 15.3. The summed E-state index contributed by atoms with van der Waals surface area (Å²) in [7, 11) is -1.37. The molecule has 0 aromatic heterocycles. The Bertz CT molecular complexity index is 833. The number of benzene rings is 2. The maximum atomic E-state index is 8.25. The standard InChI is InChI=1S/C26H40NP2.NO3.Ni/c1-17(2)28(18(3)4)25-15-21(9)11-13-23(25)27-24-14-12-22(10)16-26(24)29(19(5)6)20(7)8;2-1(3)4;/h11-20H,1-10H3;;/q2*-1;+2/p+2. The van der Waals surface area contributed by atoms with Gasteiger partial charge in [-0.25, -0.2) is 0 Å². The predicted octanol–water partition coefficient (Wildman–Crippen LogP) is 7.71. The molecule has 8 heteroatoms. The van der Waals surface area contributed by atoms with Crippen molar-refractivity contribution in [1.29, 1.82) is 0 Å². The SMILES string of the molecule is Cc1ccc([N-]c2ccc(C)cc2[PH+](C(C)C)C(C)C)c([PH+](C(C)C)C(C)C)c1.O=[N+]([O-])[O-].[Ni+2]. The number of rotatable bonds is 8. The molecule has 34 heavy (non-hydrogen) atoms. The molecule has 0 saturated heterocycles. The van der Waals surface area contributed by atoms with Crippen LogP contribution in [-0.4, -0.2) is 27.7 Å². The maximum absolute atomic E-state index is 8.25.